The molecule has 190 valence electrons. The van der Waals surface area contributed by atoms with Crippen LogP contribution in [0.25, 0.3) is 0 Å². The zero-order valence-corrected chi connectivity index (χ0v) is 21.8. The van der Waals surface area contributed by atoms with Gasteiger partial charge in [0.05, 0.1) is 0 Å². The van der Waals surface area contributed by atoms with Gasteiger partial charge < -0.3 is 10.0 Å². The Balaban J connectivity index is 1.97. The Labute approximate surface area is 217 Å². The fourth-order valence-corrected chi connectivity index (χ4v) is 3.77. The Morgan fingerprint density at radius 2 is 1.08 bits per heavy atom. The SMILES string of the molecule is CCCCCCC#Cc1ccc(CN(Cc2ccc(C#CCCCCCC)cc2)C(=O)C(=O)O)cc1. The number of rotatable bonds is 12. The quantitative estimate of drug-likeness (QED) is 0.201. The zero-order valence-electron chi connectivity index (χ0n) is 21.8. The van der Waals surface area contributed by atoms with Crippen molar-refractivity contribution in [3.63, 3.8) is 0 Å². The molecule has 0 aliphatic rings. The van der Waals surface area contributed by atoms with Crippen LogP contribution in [-0.2, 0) is 22.7 Å². The molecule has 0 saturated heterocycles. The first-order valence-electron chi connectivity index (χ1n) is 13.2. The Morgan fingerprint density at radius 3 is 1.44 bits per heavy atom. The van der Waals surface area contributed by atoms with Crippen LogP contribution in [0.5, 0.6) is 0 Å². The fraction of sp³-hybridized carbons (Fsp3) is 0.438. The third-order valence-electron chi connectivity index (χ3n) is 5.90. The summed E-state index contributed by atoms with van der Waals surface area (Å²) in [5, 5.41) is 9.32. The van der Waals surface area contributed by atoms with Crippen molar-refractivity contribution in [1.29, 1.82) is 0 Å². The van der Waals surface area contributed by atoms with E-state index >= 15 is 0 Å². The molecule has 1 amide bonds. The molecule has 0 heterocycles. The van der Waals surface area contributed by atoms with E-state index in [2.05, 4.69) is 37.5 Å². The van der Waals surface area contributed by atoms with Crippen LogP contribution < -0.4 is 0 Å². The van der Waals surface area contributed by atoms with Crippen LogP contribution in [0.4, 0.5) is 0 Å². The van der Waals surface area contributed by atoms with Gasteiger partial charge in [-0.25, -0.2) is 4.79 Å². The predicted molar refractivity (Wildman–Crippen MR) is 146 cm³/mol. The molecule has 0 unspecified atom stereocenters. The Hall–Kier alpha value is -3.50. The molecular formula is C32H39NO3. The van der Waals surface area contributed by atoms with Gasteiger partial charge in [0.15, 0.2) is 0 Å². The lowest BCUT2D eigenvalue weighted by Crippen LogP contribution is -2.35. The number of nitrogens with zero attached hydrogens (tertiary/aromatic N) is 1. The maximum absolute atomic E-state index is 12.4. The van der Waals surface area contributed by atoms with Gasteiger partial charge in [0.2, 0.25) is 0 Å². The number of hydrogen-bond acceptors (Lipinski definition) is 2. The minimum Gasteiger partial charge on any atom is -0.474 e. The smallest absolute Gasteiger partial charge is 0.394 e. The Kier molecular flexibility index (Phi) is 13.6. The number of carboxylic acids is 1. The molecule has 1 N–H and O–H groups in total. The van der Waals surface area contributed by atoms with E-state index in [0.29, 0.717) is 0 Å². The summed E-state index contributed by atoms with van der Waals surface area (Å²) >= 11 is 0. The van der Waals surface area contributed by atoms with Crippen molar-refractivity contribution in [1.82, 2.24) is 4.90 Å². The summed E-state index contributed by atoms with van der Waals surface area (Å²) in [4.78, 5) is 25.1. The number of carbonyl (C=O) groups excluding carboxylic acids is 1. The zero-order chi connectivity index (χ0) is 26.0. The van der Waals surface area contributed by atoms with Gasteiger partial charge in [-0.15, -0.1) is 0 Å². The monoisotopic (exact) mass is 485 g/mol. The number of hydrogen-bond donors (Lipinski definition) is 1. The number of carboxylic acid groups (broad SMARTS) is 1. The lowest BCUT2D eigenvalue weighted by atomic mass is 10.1. The number of amides is 1. The normalized spacial score (nSPS) is 10.1. The highest BCUT2D eigenvalue weighted by Crippen LogP contribution is 2.13. The van der Waals surface area contributed by atoms with Gasteiger partial charge in [0, 0.05) is 37.1 Å². The molecule has 36 heavy (non-hydrogen) atoms. The van der Waals surface area contributed by atoms with Crippen LogP contribution in [0.1, 0.15) is 100 Å². The van der Waals surface area contributed by atoms with Gasteiger partial charge in [-0.3, -0.25) is 4.79 Å². The third kappa shape index (κ3) is 11.3. The first-order chi connectivity index (χ1) is 17.5. The first-order valence-corrected chi connectivity index (χ1v) is 13.2. The molecule has 0 radical (unpaired) electrons. The van der Waals surface area contributed by atoms with Crippen LogP contribution in [-0.4, -0.2) is 21.9 Å². The number of aliphatic carboxylic acids is 1. The second-order valence-corrected chi connectivity index (χ2v) is 9.09. The van der Waals surface area contributed by atoms with Crippen molar-refractivity contribution in [2.45, 2.75) is 91.1 Å². The second-order valence-electron chi connectivity index (χ2n) is 9.09. The van der Waals surface area contributed by atoms with Crippen molar-refractivity contribution >= 4 is 11.9 Å². The van der Waals surface area contributed by atoms with Crippen LogP contribution in [0.2, 0.25) is 0 Å². The number of benzene rings is 2. The maximum atomic E-state index is 12.4. The van der Waals surface area contributed by atoms with Gasteiger partial charge in [0.25, 0.3) is 0 Å². The van der Waals surface area contributed by atoms with Crippen molar-refractivity contribution in [3.05, 3.63) is 70.8 Å². The molecule has 2 aromatic rings. The molecule has 0 saturated carbocycles. The van der Waals surface area contributed by atoms with E-state index < -0.39 is 11.9 Å². The molecular weight excluding hydrogens is 446 g/mol. The van der Waals surface area contributed by atoms with Gasteiger partial charge >= 0.3 is 11.9 Å². The standard InChI is InChI=1S/C32H39NO3/c1-3-5-7-9-11-13-15-27-17-21-29(22-18-27)25-33(31(34)32(35)36)26-30-23-19-28(20-24-30)16-14-12-10-8-6-4-2/h17-24H,3-12,25-26H2,1-2H3,(H,35,36). The summed E-state index contributed by atoms with van der Waals surface area (Å²) in [7, 11) is 0. The summed E-state index contributed by atoms with van der Waals surface area (Å²) in [5.41, 5.74) is 3.58. The third-order valence-corrected chi connectivity index (χ3v) is 5.90. The molecule has 0 fully saturated rings. The average Bonchev–Trinajstić information content (AvgIpc) is 2.89. The van der Waals surface area contributed by atoms with E-state index in [1.54, 1.807) is 0 Å². The highest BCUT2D eigenvalue weighted by atomic mass is 16.4. The predicted octanol–water partition coefficient (Wildman–Crippen LogP) is 6.94. The molecule has 0 bridgehead atoms. The summed E-state index contributed by atoms with van der Waals surface area (Å²) in [5.74, 6) is 10.4. The summed E-state index contributed by atoms with van der Waals surface area (Å²) in [6.45, 7) is 4.83. The number of unbranched alkanes of at least 4 members (excludes halogenated alkanes) is 8. The molecule has 0 aliphatic carbocycles. The Morgan fingerprint density at radius 1 is 0.667 bits per heavy atom. The summed E-state index contributed by atoms with van der Waals surface area (Å²) in [6, 6.07) is 15.3. The van der Waals surface area contributed by atoms with E-state index in [1.165, 1.54) is 43.4 Å². The number of carbonyl (C=O) groups is 2. The van der Waals surface area contributed by atoms with Crippen molar-refractivity contribution in [2.75, 3.05) is 0 Å². The van der Waals surface area contributed by atoms with Crippen LogP contribution in [0.3, 0.4) is 0 Å². The summed E-state index contributed by atoms with van der Waals surface area (Å²) in [6.07, 6.45) is 11.4. The molecule has 2 aromatic carbocycles. The van der Waals surface area contributed by atoms with E-state index in [1.807, 2.05) is 48.5 Å². The maximum Gasteiger partial charge on any atom is 0.394 e. The molecule has 0 spiro atoms. The molecule has 0 aliphatic heterocycles. The van der Waals surface area contributed by atoms with E-state index in [-0.39, 0.29) is 13.1 Å². The van der Waals surface area contributed by atoms with Crippen molar-refractivity contribution in [2.24, 2.45) is 0 Å². The van der Waals surface area contributed by atoms with Gasteiger partial charge in [0.1, 0.15) is 0 Å². The van der Waals surface area contributed by atoms with E-state index in [4.69, 9.17) is 0 Å². The first kappa shape index (κ1) is 28.7. The minimum atomic E-state index is -1.45. The molecule has 4 nitrogen and oxygen atoms in total. The second kappa shape index (κ2) is 17.0. The van der Waals surface area contributed by atoms with Crippen LogP contribution in [0, 0.1) is 23.7 Å². The van der Waals surface area contributed by atoms with E-state index in [0.717, 1.165) is 47.9 Å². The topological polar surface area (TPSA) is 57.6 Å². The van der Waals surface area contributed by atoms with Crippen LogP contribution >= 0.6 is 0 Å². The highest BCUT2D eigenvalue weighted by molar-refractivity contribution is 6.31. The average molecular weight is 486 g/mol. The van der Waals surface area contributed by atoms with Crippen LogP contribution in [0.15, 0.2) is 48.5 Å². The molecule has 4 heteroatoms. The van der Waals surface area contributed by atoms with Crippen molar-refractivity contribution in [3.8, 4) is 23.7 Å². The largest absolute Gasteiger partial charge is 0.474 e. The minimum absolute atomic E-state index is 0.217. The lowest BCUT2D eigenvalue weighted by Gasteiger charge is -2.21. The molecule has 0 aromatic heterocycles. The highest BCUT2D eigenvalue weighted by Gasteiger charge is 2.21. The van der Waals surface area contributed by atoms with E-state index in [9.17, 15) is 14.7 Å². The fourth-order valence-electron chi connectivity index (χ4n) is 3.77. The molecule has 2 rings (SSSR count). The Bertz CT molecular complexity index is 987. The lowest BCUT2D eigenvalue weighted by molar-refractivity contribution is -0.156. The molecule has 0 atom stereocenters. The van der Waals surface area contributed by atoms with Crippen molar-refractivity contribution < 1.29 is 14.7 Å². The van der Waals surface area contributed by atoms with Gasteiger partial charge in [-0.05, 0) is 48.2 Å². The summed E-state index contributed by atoms with van der Waals surface area (Å²) < 4.78 is 0. The van der Waals surface area contributed by atoms with Gasteiger partial charge in [-0.2, -0.15) is 0 Å². The van der Waals surface area contributed by atoms with Gasteiger partial charge in [-0.1, -0.05) is 100 Å².